The molecule has 6 nitrogen and oxygen atoms in total. The topological polar surface area (TPSA) is 66.0 Å². The second kappa shape index (κ2) is 5.91. The Bertz CT molecular complexity index is 514. The Morgan fingerprint density at radius 3 is 2.28 bits per heavy atom. The van der Waals surface area contributed by atoms with E-state index in [1.165, 1.54) is 39.2 Å². The molecule has 0 aromatic rings. The third-order valence-electron chi connectivity index (χ3n) is 7.33. The lowest BCUT2D eigenvalue weighted by Gasteiger charge is -2.57. The number of hydrogen-bond acceptors (Lipinski definition) is 5. The van der Waals surface area contributed by atoms with Crippen LogP contribution in [0, 0.1) is 23.7 Å². The van der Waals surface area contributed by atoms with Crippen LogP contribution in [0.4, 0.5) is 0 Å². The highest BCUT2D eigenvalue weighted by atomic mass is 17.3. The Kier molecular flexibility index (Phi) is 3.90. The fourth-order valence-corrected chi connectivity index (χ4v) is 6.40. The molecule has 25 heavy (non-hydrogen) atoms. The monoisotopic (exact) mass is 351 g/mol. The fraction of sp³-hybridized carbons (Fsp3) is 0.947. The Hall–Kier alpha value is -0.690. The second-order valence-corrected chi connectivity index (χ2v) is 8.98. The van der Waals surface area contributed by atoms with Gasteiger partial charge in [0.2, 0.25) is 17.5 Å². The first-order valence-corrected chi connectivity index (χ1v) is 9.96. The van der Waals surface area contributed by atoms with Crippen molar-refractivity contribution >= 4 is 5.91 Å². The molecule has 0 radical (unpaired) electrons. The van der Waals surface area contributed by atoms with Crippen LogP contribution in [0.25, 0.3) is 0 Å². The molecule has 6 heteroatoms. The molecule has 1 N–H and O–H groups in total. The predicted octanol–water partition coefficient (Wildman–Crippen LogP) is 2.52. The first kappa shape index (κ1) is 16.5. The van der Waals surface area contributed by atoms with Crippen molar-refractivity contribution in [2.45, 2.75) is 75.4 Å². The van der Waals surface area contributed by atoms with E-state index >= 15 is 0 Å². The number of hydrogen-bond donors (Lipinski definition) is 1. The quantitative estimate of drug-likeness (QED) is 0.792. The maximum Gasteiger partial charge on any atom is 0.246 e. The highest BCUT2D eigenvalue weighted by Crippen LogP contribution is 2.63. The molecule has 0 aromatic carbocycles. The molecule has 5 saturated carbocycles. The lowest BCUT2D eigenvalue weighted by atomic mass is 9.53. The molecule has 1 aliphatic heterocycles. The molecule has 2 spiro atoms. The van der Waals surface area contributed by atoms with E-state index in [0.29, 0.717) is 11.8 Å². The van der Waals surface area contributed by atoms with Crippen LogP contribution in [0.15, 0.2) is 0 Å². The van der Waals surface area contributed by atoms with Crippen molar-refractivity contribution in [3.8, 4) is 0 Å². The number of amides is 1. The summed E-state index contributed by atoms with van der Waals surface area (Å²) in [5.74, 6) is 1.62. The van der Waals surface area contributed by atoms with Gasteiger partial charge in [0.15, 0.2) is 0 Å². The molecule has 0 atom stereocenters. The van der Waals surface area contributed by atoms with Crippen LogP contribution < -0.4 is 5.32 Å². The molecule has 0 aromatic heterocycles. The minimum absolute atomic E-state index is 0.0505. The molecule has 6 aliphatic rings. The molecule has 6 fully saturated rings. The van der Waals surface area contributed by atoms with Crippen molar-refractivity contribution in [2.75, 3.05) is 13.7 Å². The van der Waals surface area contributed by atoms with Gasteiger partial charge in [-0.3, -0.25) is 4.79 Å². The lowest BCUT2D eigenvalue weighted by Crippen LogP contribution is -2.59. The van der Waals surface area contributed by atoms with Crippen molar-refractivity contribution in [1.29, 1.82) is 0 Å². The molecule has 6 rings (SSSR count). The van der Waals surface area contributed by atoms with E-state index in [1.807, 2.05) is 0 Å². The van der Waals surface area contributed by atoms with Gasteiger partial charge in [-0.2, -0.15) is 9.78 Å². The van der Waals surface area contributed by atoms with Gasteiger partial charge in [-0.15, -0.1) is 0 Å². The SMILES string of the molecule is COCC(=O)NC1CCC2(CC1)OOC1(O2)C2CC3CC(C2)CC1C3. The zero-order valence-corrected chi connectivity index (χ0v) is 15.0. The number of methoxy groups -OCH3 is 1. The summed E-state index contributed by atoms with van der Waals surface area (Å²) in [5, 5.41) is 3.03. The fourth-order valence-electron chi connectivity index (χ4n) is 6.40. The Labute approximate surface area is 148 Å². The number of ether oxygens (including phenoxy) is 2. The van der Waals surface area contributed by atoms with Gasteiger partial charge < -0.3 is 14.8 Å². The molecule has 1 amide bonds. The number of carbonyl (C=O) groups excluding carboxylic acids is 1. The summed E-state index contributed by atoms with van der Waals surface area (Å²) in [6.07, 6.45) is 9.63. The molecule has 140 valence electrons. The number of nitrogens with one attached hydrogen (secondary N) is 1. The van der Waals surface area contributed by atoms with Crippen LogP contribution in [0.1, 0.15) is 57.8 Å². The van der Waals surface area contributed by atoms with Crippen molar-refractivity contribution in [3.63, 3.8) is 0 Å². The van der Waals surface area contributed by atoms with Gasteiger partial charge in [0.05, 0.1) is 0 Å². The van der Waals surface area contributed by atoms with E-state index in [2.05, 4.69) is 5.32 Å². The molecule has 1 saturated heterocycles. The average molecular weight is 351 g/mol. The van der Waals surface area contributed by atoms with Gasteiger partial charge in [-0.1, -0.05) is 0 Å². The normalized spacial score (nSPS) is 50.7. The summed E-state index contributed by atoms with van der Waals surface area (Å²) in [6, 6.07) is 0.176. The summed E-state index contributed by atoms with van der Waals surface area (Å²) in [6.45, 7) is 0.118. The van der Waals surface area contributed by atoms with E-state index in [0.717, 1.165) is 37.5 Å². The van der Waals surface area contributed by atoms with E-state index in [9.17, 15) is 4.79 Å². The van der Waals surface area contributed by atoms with Crippen LogP contribution >= 0.6 is 0 Å². The first-order chi connectivity index (χ1) is 12.1. The summed E-state index contributed by atoms with van der Waals surface area (Å²) in [5.41, 5.74) is 0. The Morgan fingerprint density at radius 1 is 1.04 bits per heavy atom. The third-order valence-corrected chi connectivity index (χ3v) is 7.33. The highest BCUT2D eigenvalue weighted by molar-refractivity contribution is 5.77. The van der Waals surface area contributed by atoms with Gasteiger partial charge in [0.1, 0.15) is 6.61 Å². The van der Waals surface area contributed by atoms with Crippen LogP contribution in [-0.4, -0.2) is 37.2 Å². The van der Waals surface area contributed by atoms with E-state index in [-0.39, 0.29) is 18.6 Å². The molecular formula is C19H29NO5. The minimum atomic E-state index is -0.599. The summed E-state index contributed by atoms with van der Waals surface area (Å²) < 4.78 is 11.6. The van der Waals surface area contributed by atoms with Crippen molar-refractivity contribution in [2.24, 2.45) is 23.7 Å². The third kappa shape index (κ3) is 2.64. The van der Waals surface area contributed by atoms with Crippen molar-refractivity contribution in [3.05, 3.63) is 0 Å². The lowest BCUT2D eigenvalue weighted by molar-refractivity contribution is -0.390. The van der Waals surface area contributed by atoms with Crippen LogP contribution in [-0.2, 0) is 24.0 Å². The maximum atomic E-state index is 11.7. The standard InChI is InChI=1S/C19H29NO5/c1-22-11-17(21)20-16-2-4-18(5-3-16)23-19(25-24-18)14-7-12-6-13(9-14)10-15(19)8-12/h12-16H,2-11H2,1H3,(H,20,21). The van der Waals surface area contributed by atoms with Gasteiger partial charge in [-0.05, 0) is 56.8 Å². The molecule has 0 unspecified atom stereocenters. The Morgan fingerprint density at radius 2 is 1.68 bits per heavy atom. The number of carbonyl (C=O) groups is 1. The van der Waals surface area contributed by atoms with Gasteiger partial charge in [-0.25, -0.2) is 0 Å². The Balaban J connectivity index is 1.24. The minimum Gasteiger partial charge on any atom is -0.375 e. The first-order valence-electron chi connectivity index (χ1n) is 9.96. The van der Waals surface area contributed by atoms with Crippen molar-refractivity contribution in [1.82, 2.24) is 5.32 Å². The summed E-state index contributed by atoms with van der Waals surface area (Å²) in [7, 11) is 1.54. The number of rotatable bonds is 3. The highest BCUT2D eigenvalue weighted by Gasteiger charge is 2.66. The average Bonchev–Trinajstić information content (AvgIpc) is 2.95. The molecule has 4 bridgehead atoms. The maximum absolute atomic E-state index is 11.7. The van der Waals surface area contributed by atoms with E-state index < -0.39 is 11.6 Å². The second-order valence-electron chi connectivity index (χ2n) is 8.98. The van der Waals surface area contributed by atoms with Gasteiger partial charge >= 0.3 is 0 Å². The van der Waals surface area contributed by atoms with Crippen molar-refractivity contribution < 1.29 is 24.0 Å². The van der Waals surface area contributed by atoms with Crippen LogP contribution in [0.2, 0.25) is 0 Å². The summed E-state index contributed by atoms with van der Waals surface area (Å²) >= 11 is 0. The van der Waals surface area contributed by atoms with E-state index in [1.54, 1.807) is 0 Å². The zero-order valence-electron chi connectivity index (χ0n) is 15.0. The van der Waals surface area contributed by atoms with E-state index in [4.69, 9.17) is 19.2 Å². The van der Waals surface area contributed by atoms with Gasteiger partial charge in [0, 0.05) is 37.8 Å². The largest absolute Gasteiger partial charge is 0.375 e. The van der Waals surface area contributed by atoms with Crippen LogP contribution in [0.5, 0.6) is 0 Å². The van der Waals surface area contributed by atoms with Gasteiger partial charge in [0.25, 0.3) is 0 Å². The molecule has 5 aliphatic carbocycles. The smallest absolute Gasteiger partial charge is 0.246 e. The summed E-state index contributed by atoms with van der Waals surface area (Å²) in [4.78, 5) is 23.6. The predicted molar refractivity (Wildman–Crippen MR) is 88.0 cm³/mol. The molecule has 1 heterocycles. The molecular weight excluding hydrogens is 322 g/mol. The zero-order chi connectivity index (χ0) is 17.1. The van der Waals surface area contributed by atoms with Crippen LogP contribution in [0.3, 0.4) is 0 Å².